The number of carbonyl (C=O) groups is 2. The Bertz CT molecular complexity index is 1580. The van der Waals surface area contributed by atoms with E-state index in [2.05, 4.69) is 20.4 Å². The molecule has 2 amide bonds. The Kier molecular flexibility index (Phi) is 6.07. The Labute approximate surface area is 221 Å². The third-order valence-electron chi connectivity index (χ3n) is 7.27. The minimum atomic E-state index is -1.08. The summed E-state index contributed by atoms with van der Waals surface area (Å²) in [4.78, 5) is 49.0. The number of thiazole rings is 1. The third-order valence-corrected chi connectivity index (χ3v) is 8.20. The van der Waals surface area contributed by atoms with Crippen molar-refractivity contribution in [1.29, 1.82) is 0 Å². The Balaban J connectivity index is 1.16. The van der Waals surface area contributed by atoms with E-state index in [0.717, 1.165) is 12.8 Å². The van der Waals surface area contributed by atoms with E-state index < -0.39 is 5.60 Å². The van der Waals surface area contributed by atoms with Crippen LogP contribution in [0.5, 0.6) is 0 Å². The minimum Gasteiger partial charge on any atom is -0.388 e. The molecule has 4 heterocycles. The zero-order valence-corrected chi connectivity index (χ0v) is 21.6. The maximum atomic E-state index is 13.2. The second-order valence-electron chi connectivity index (χ2n) is 10.1. The van der Waals surface area contributed by atoms with Crippen LogP contribution in [0.3, 0.4) is 0 Å². The second-order valence-corrected chi connectivity index (χ2v) is 10.9. The molecule has 38 heavy (non-hydrogen) atoms. The van der Waals surface area contributed by atoms with E-state index in [9.17, 15) is 19.5 Å². The largest absolute Gasteiger partial charge is 0.388 e. The molecule has 11 nitrogen and oxygen atoms in total. The molecule has 6 rings (SSSR count). The van der Waals surface area contributed by atoms with Crippen molar-refractivity contribution in [2.24, 2.45) is 5.92 Å². The lowest BCUT2D eigenvalue weighted by Crippen LogP contribution is -2.50. The molecule has 3 aromatic heterocycles. The van der Waals surface area contributed by atoms with Gasteiger partial charge in [0.25, 0.3) is 11.5 Å². The first-order valence-corrected chi connectivity index (χ1v) is 13.5. The number of fused-ring (bicyclic) bond motifs is 1. The van der Waals surface area contributed by atoms with Gasteiger partial charge in [0.1, 0.15) is 16.6 Å². The molecule has 1 aromatic carbocycles. The SMILES string of the molecule is Cc1ncsc1C(=O)Nc1ccc(-n2ncc3c(=O)n(CC4(O)CCN(C(=O)C5CC5)CC4)cnc32)cc1. The predicted molar refractivity (Wildman–Crippen MR) is 141 cm³/mol. The molecule has 12 heteroatoms. The Hall–Kier alpha value is -3.90. The standard InChI is InChI=1S/C26H27N7O4S/c1-16-21(38-15-28-16)23(34)30-18-4-6-19(7-5-18)33-22-20(12-29-33)25(36)32(14-27-22)13-26(37)8-10-31(11-9-26)24(35)17-2-3-17/h4-7,12,14-15,17,37H,2-3,8-11,13H2,1H3,(H,30,34). The fraction of sp³-hybridized carbons (Fsp3) is 0.385. The van der Waals surface area contributed by atoms with Crippen molar-refractivity contribution in [3.8, 4) is 5.69 Å². The Morgan fingerprint density at radius 1 is 1.16 bits per heavy atom. The quantitative estimate of drug-likeness (QED) is 0.388. The van der Waals surface area contributed by atoms with Gasteiger partial charge in [-0.15, -0.1) is 11.3 Å². The number of piperidine rings is 1. The maximum Gasteiger partial charge on any atom is 0.267 e. The molecular weight excluding hydrogens is 506 g/mol. The van der Waals surface area contributed by atoms with E-state index in [1.165, 1.54) is 28.4 Å². The van der Waals surface area contributed by atoms with Gasteiger partial charge in [-0.1, -0.05) is 0 Å². The zero-order chi connectivity index (χ0) is 26.4. The minimum absolute atomic E-state index is 0.110. The molecule has 1 aliphatic carbocycles. The number of aryl methyl sites for hydroxylation is 1. The van der Waals surface area contributed by atoms with Crippen LogP contribution in [0.2, 0.25) is 0 Å². The third kappa shape index (κ3) is 4.61. The number of amides is 2. The van der Waals surface area contributed by atoms with Gasteiger partial charge in [0.05, 0.1) is 35.2 Å². The summed E-state index contributed by atoms with van der Waals surface area (Å²) in [5.41, 5.74) is 2.67. The topological polar surface area (TPSA) is 135 Å². The molecule has 2 fully saturated rings. The molecule has 2 aliphatic rings. The normalized spacial score (nSPS) is 17.1. The van der Waals surface area contributed by atoms with Crippen LogP contribution in [-0.4, -0.2) is 64.8 Å². The van der Waals surface area contributed by atoms with Crippen LogP contribution < -0.4 is 10.9 Å². The number of benzene rings is 1. The van der Waals surface area contributed by atoms with Crippen molar-refractivity contribution in [2.45, 2.75) is 44.8 Å². The maximum absolute atomic E-state index is 13.2. The zero-order valence-electron chi connectivity index (χ0n) is 20.8. The summed E-state index contributed by atoms with van der Waals surface area (Å²) < 4.78 is 2.99. The lowest BCUT2D eigenvalue weighted by atomic mass is 9.91. The molecule has 196 valence electrons. The van der Waals surface area contributed by atoms with E-state index in [4.69, 9.17) is 0 Å². The lowest BCUT2D eigenvalue weighted by molar-refractivity contribution is -0.137. The monoisotopic (exact) mass is 533 g/mol. The first-order valence-electron chi connectivity index (χ1n) is 12.6. The summed E-state index contributed by atoms with van der Waals surface area (Å²) >= 11 is 1.29. The average Bonchev–Trinajstić information content (AvgIpc) is 3.53. The Morgan fingerprint density at radius 2 is 1.89 bits per heavy atom. The number of nitrogens with zero attached hydrogens (tertiary/aromatic N) is 6. The van der Waals surface area contributed by atoms with Crippen LogP contribution in [0.1, 0.15) is 41.0 Å². The van der Waals surface area contributed by atoms with E-state index in [0.29, 0.717) is 58.9 Å². The van der Waals surface area contributed by atoms with Gasteiger partial charge in [0, 0.05) is 24.7 Å². The molecule has 4 aromatic rings. The molecule has 0 atom stereocenters. The van der Waals surface area contributed by atoms with E-state index in [-0.39, 0.29) is 29.8 Å². The average molecular weight is 534 g/mol. The van der Waals surface area contributed by atoms with Crippen molar-refractivity contribution in [3.05, 3.63) is 63.2 Å². The number of carbonyl (C=O) groups excluding carboxylic acids is 2. The molecule has 0 unspecified atom stereocenters. The van der Waals surface area contributed by atoms with Crippen LogP contribution in [0.25, 0.3) is 16.7 Å². The van der Waals surface area contributed by atoms with Gasteiger partial charge in [-0.25, -0.2) is 14.6 Å². The lowest BCUT2D eigenvalue weighted by Gasteiger charge is -2.38. The van der Waals surface area contributed by atoms with Crippen LogP contribution in [0.15, 0.2) is 47.1 Å². The number of aliphatic hydroxyl groups is 1. The highest BCUT2D eigenvalue weighted by Crippen LogP contribution is 2.33. The van der Waals surface area contributed by atoms with E-state index in [1.807, 2.05) is 4.90 Å². The van der Waals surface area contributed by atoms with Crippen LogP contribution in [0, 0.1) is 12.8 Å². The highest BCUT2D eigenvalue weighted by molar-refractivity contribution is 7.12. The Morgan fingerprint density at radius 3 is 2.55 bits per heavy atom. The van der Waals surface area contributed by atoms with Crippen molar-refractivity contribution >= 4 is 39.9 Å². The molecular formula is C26H27N7O4S. The number of nitrogens with one attached hydrogen (secondary N) is 1. The summed E-state index contributed by atoms with van der Waals surface area (Å²) in [6.45, 7) is 2.89. The van der Waals surface area contributed by atoms with Gasteiger partial charge < -0.3 is 15.3 Å². The van der Waals surface area contributed by atoms with Gasteiger partial charge in [0.2, 0.25) is 5.91 Å². The second kappa shape index (κ2) is 9.44. The highest BCUT2D eigenvalue weighted by Gasteiger charge is 2.39. The molecule has 1 saturated carbocycles. The molecule has 0 bridgehead atoms. The van der Waals surface area contributed by atoms with Gasteiger partial charge in [-0.05, 0) is 56.9 Å². The number of hydrogen-bond donors (Lipinski definition) is 2. The molecule has 0 radical (unpaired) electrons. The first kappa shape index (κ1) is 24.4. The van der Waals surface area contributed by atoms with Gasteiger partial charge in [-0.3, -0.25) is 19.0 Å². The van der Waals surface area contributed by atoms with Crippen molar-refractivity contribution in [2.75, 3.05) is 18.4 Å². The van der Waals surface area contributed by atoms with Crippen LogP contribution >= 0.6 is 11.3 Å². The summed E-state index contributed by atoms with van der Waals surface area (Å²) in [6, 6.07) is 7.09. The van der Waals surface area contributed by atoms with Crippen LogP contribution in [-0.2, 0) is 11.3 Å². The number of aromatic nitrogens is 5. The van der Waals surface area contributed by atoms with E-state index in [1.54, 1.807) is 41.4 Å². The molecule has 1 saturated heterocycles. The molecule has 1 aliphatic heterocycles. The smallest absolute Gasteiger partial charge is 0.267 e. The first-order chi connectivity index (χ1) is 18.3. The molecule has 0 spiro atoms. The number of anilines is 1. The van der Waals surface area contributed by atoms with Crippen molar-refractivity contribution < 1.29 is 14.7 Å². The van der Waals surface area contributed by atoms with Crippen molar-refractivity contribution in [3.63, 3.8) is 0 Å². The van der Waals surface area contributed by atoms with Crippen LogP contribution in [0.4, 0.5) is 5.69 Å². The highest BCUT2D eigenvalue weighted by atomic mass is 32.1. The fourth-order valence-corrected chi connectivity index (χ4v) is 5.55. The number of hydrogen-bond acceptors (Lipinski definition) is 8. The van der Waals surface area contributed by atoms with Gasteiger partial charge in [-0.2, -0.15) is 5.10 Å². The number of rotatable bonds is 6. The fourth-order valence-electron chi connectivity index (χ4n) is 4.85. The molecule has 2 N–H and O–H groups in total. The van der Waals surface area contributed by atoms with Gasteiger partial charge in [0.15, 0.2) is 5.65 Å². The summed E-state index contributed by atoms with van der Waals surface area (Å²) in [6.07, 6.45) is 5.67. The van der Waals surface area contributed by atoms with E-state index >= 15 is 0 Å². The summed E-state index contributed by atoms with van der Waals surface area (Å²) in [7, 11) is 0. The van der Waals surface area contributed by atoms with Crippen molar-refractivity contribution in [1.82, 2.24) is 29.2 Å². The summed E-state index contributed by atoms with van der Waals surface area (Å²) in [5, 5.41) is 18.7. The summed E-state index contributed by atoms with van der Waals surface area (Å²) in [5.74, 6) is 0.131. The van der Waals surface area contributed by atoms with Gasteiger partial charge >= 0.3 is 0 Å². The predicted octanol–water partition coefficient (Wildman–Crippen LogP) is 2.36. The number of likely N-dealkylation sites (tertiary alicyclic amines) is 1.